The summed E-state index contributed by atoms with van der Waals surface area (Å²) in [6.07, 6.45) is 0.831. The van der Waals surface area contributed by atoms with Crippen molar-refractivity contribution in [3.63, 3.8) is 0 Å². The van der Waals surface area contributed by atoms with Gasteiger partial charge in [-0.25, -0.2) is 0 Å². The van der Waals surface area contributed by atoms with Crippen LogP contribution in [-0.4, -0.2) is 57.3 Å². The van der Waals surface area contributed by atoms with Gasteiger partial charge in [-0.3, -0.25) is 4.90 Å². The van der Waals surface area contributed by atoms with Gasteiger partial charge in [0.1, 0.15) is 0 Å². The van der Waals surface area contributed by atoms with Gasteiger partial charge in [-0.2, -0.15) is 0 Å². The summed E-state index contributed by atoms with van der Waals surface area (Å²) in [4.78, 5) is 2.38. The SMILES string of the molecule is CCOC(CCN(CC)C(C)COC)OCC. The average Bonchev–Trinajstić information content (AvgIpc) is 2.30. The maximum Gasteiger partial charge on any atom is 0.158 e. The average molecular weight is 247 g/mol. The lowest BCUT2D eigenvalue weighted by atomic mass is 10.2. The van der Waals surface area contributed by atoms with Crippen LogP contribution in [0, 0.1) is 0 Å². The largest absolute Gasteiger partial charge is 0.383 e. The molecule has 4 nitrogen and oxygen atoms in total. The molecule has 0 saturated carbocycles. The highest BCUT2D eigenvalue weighted by Gasteiger charge is 2.15. The molecule has 0 amide bonds. The number of hydrogen-bond donors (Lipinski definition) is 0. The van der Waals surface area contributed by atoms with E-state index in [4.69, 9.17) is 14.2 Å². The molecule has 17 heavy (non-hydrogen) atoms. The van der Waals surface area contributed by atoms with Crippen molar-refractivity contribution < 1.29 is 14.2 Å². The number of methoxy groups -OCH3 is 1. The fourth-order valence-corrected chi connectivity index (χ4v) is 1.89. The minimum atomic E-state index is -0.0752. The Labute approximate surface area is 106 Å². The summed E-state index contributed by atoms with van der Waals surface area (Å²) in [6.45, 7) is 12.5. The van der Waals surface area contributed by atoms with Gasteiger partial charge in [0, 0.05) is 39.3 Å². The molecule has 0 spiro atoms. The zero-order valence-corrected chi connectivity index (χ0v) is 12.1. The van der Waals surface area contributed by atoms with Gasteiger partial charge in [-0.15, -0.1) is 0 Å². The molecular formula is C13H29NO3. The van der Waals surface area contributed by atoms with Crippen molar-refractivity contribution in [2.75, 3.05) is 40.0 Å². The Kier molecular flexibility index (Phi) is 10.9. The summed E-state index contributed by atoms with van der Waals surface area (Å²) in [5, 5.41) is 0. The van der Waals surface area contributed by atoms with Crippen LogP contribution in [0.4, 0.5) is 0 Å². The van der Waals surface area contributed by atoms with Crippen molar-refractivity contribution in [3.8, 4) is 0 Å². The second-order valence-electron chi connectivity index (χ2n) is 4.06. The van der Waals surface area contributed by atoms with Gasteiger partial charge in [-0.1, -0.05) is 6.92 Å². The van der Waals surface area contributed by atoms with Crippen molar-refractivity contribution in [1.29, 1.82) is 0 Å². The molecule has 1 atom stereocenters. The zero-order valence-electron chi connectivity index (χ0n) is 12.1. The quantitative estimate of drug-likeness (QED) is 0.523. The molecule has 0 radical (unpaired) electrons. The van der Waals surface area contributed by atoms with Gasteiger partial charge >= 0.3 is 0 Å². The van der Waals surface area contributed by atoms with E-state index >= 15 is 0 Å². The number of nitrogens with zero attached hydrogens (tertiary/aromatic N) is 1. The van der Waals surface area contributed by atoms with Gasteiger partial charge in [0.25, 0.3) is 0 Å². The first-order chi connectivity index (χ1) is 8.19. The summed E-state index contributed by atoms with van der Waals surface area (Å²) >= 11 is 0. The summed E-state index contributed by atoms with van der Waals surface area (Å²) < 4.78 is 16.3. The number of rotatable bonds is 11. The molecule has 0 aromatic carbocycles. The summed E-state index contributed by atoms with van der Waals surface area (Å²) in [5.74, 6) is 0. The van der Waals surface area contributed by atoms with Gasteiger partial charge < -0.3 is 14.2 Å². The molecule has 104 valence electrons. The summed E-state index contributed by atoms with van der Waals surface area (Å²) in [6, 6.07) is 0.439. The maximum atomic E-state index is 5.54. The second kappa shape index (κ2) is 11.0. The molecule has 0 aliphatic heterocycles. The lowest BCUT2D eigenvalue weighted by molar-refractivity contribution is -0.142. The molecule has 0 aromatic rings. The molecule has 4 heteroatoms. The predicted molar refractivity (Wildman–Crippen MR) is 70.2 cm³/mol. The van der Waals surface area contributed by atoms with Crippen molar-refractivity contribution in [2.24, 2.45) is 0 Å². The molecule has 0 N–H and O–H groups in total. The molecule has 0 bridgehead atoms. The Bertz CT molecular complexity index is 161. The van der Waals surface area contributed by atoms with E-state index in [-0.39, 0.29) is 6.29 Å². The Morgan fingerprint density at radius 3 is 2.06 bits per heavy atom. The molecule has 0 saturated heterocycles. The minimum Gasteiger partial charge on any atom is -0.383 e. The maximum absolute atomic E-state index is 5.54. The molecule has 0 fully saturated rings. The van der Waals surface area contributed by atoms with Crippen LogP contribution in [0.2, 0.25) is 0 Å². The van der Waals surface area contributed by atoms with Crippen LogP contribution in [0.25, 0.3) is 0 Å². The van der Waals surface area contributed by atoms with Gasteiger partial charge in [0.05, 0.1) is 6.61 Å². The third-order valence-corrected chi connectivity index (χ3v) is 2.79. The Morgan fingerprint density at radius 1 is 1.06 bits per heavy atom. The second-order valence-corrected chi connectivity index (χ2v) is 4.06. The highest BCUT2D eigenvalue weighted by atomic mass is 16.7. The van der Waals surface area contributed by atoms with Gasteiger partial charge in [0.2, 0.25) is 0 Å². The minimum absolute atomic E-state index is 0.0752. The molecule has 1 unspecified atom stereocenters. The van der Waals surface area contributed by atoms with Crippen LogP contribution in [0.1, 0.15) is 34.1 Å². The Hall–Kier alpha value is -0.160. The highest BCUT2D eigenvalue weighted by molar-refractivity contribution is 4.66. The molecule has 0 aliphatic rings. The fourth-order valence-electron chi connectivity index (χ4n) is 1.89. The van der Waals surface area contributed by atoms with E-state index in [0.29, 0.717) is 19.3 Å². The van der Waals surface area contributed by atoms with E-state index in [1.54, 1.807) is 7.11 Å². The van der Waals surface area contributed by atoms with Crippen molar-refractivity contribution in [1.82, 2.24) is 4.90 Å². The van der Waals surface area contributed by atoms with E-state index < -0.39 is 0 Å². The zero-order chi connectivity index (χ0) is 13.1. The number of hydrogen-bond acceptors (Lipinski definition) is 4. The van der Waals surface area contributed by atoms with Crippen LogP contribution in [0.15, 0.2) is 0 Å². The molecule has 0 heterocycles. The van der Waals surface area contributed by atoms with Gasteiger partial charge in [-0.05, 0) is 27.3 Å². The van der Waals surface area contributed by atoms with Crippen LogP contribution in [-0.2, 0) is 14.2 Å². The van der Waals surface area contributed by atoms with Crippen molar-refractivity contribution in [2.45, 2.75) is 46.4 Å². The number of ether oxygens (including phenoxy) is 3. The van der Waals surface area contributed by atoms with Crippen LogP contribution >= 0.6 is 0 Å². The topological polar surface area (TPSA) is 30.9 Å². The standard InChI is InChI=1S/C13H29NO3/c1-6-14(12(4)11-15-5)10-9-13(16-7-2)17-8-3/h12-13H,6-11H2,1-5H3. The van der Waals surface area contributed by atoms with Crippen molar-refractivity contribution in [3.05, 3.63) is 0 Å². The predicted octanol–water partition coefficient (Wildman–Crippen LogP) is 2.13. The Morgan fingerprint density at radius 2 is 1.65 bits per heavy atom. The van der Waals surface area contributed by atoms with Crippen molar-refractivity contribution >= 4 is 0 Å². The first-order valence-corrected chi connectivity index (χ1v) is 6.65. The van der Waals surface area contributed by atoms with Crippen LogP contribution in [0.5, 0.6) is 0 Å². The third-order valence-electron chi connectivity index (χ3n) is 2.79. The van der Waals surface area contributed by atoms with E-state index in [1.165, 1.54) is 0 Å². The smallest absolute Gasteiger partial charge is 0.158 e. The first kappa shape index (κ1) is 16.8. The third kappa shape index (κ3) is 7.71. The van der Waals surface area contributed by atoms with Gasteiger partial charge in [0.15, 0.2) is 6.29 Å². The first-order valence-electron chi connectivity index (χ1n) is 6.65. The molecular weight excluding hydrogens is 218 g/mol. The lowest BCUT2D eigenvalue weighted by Crippen LogP contribution is -2.38. The molecule has 0 aliphatic carbocycles. The monoisotopic (exact) mass is 247 g/mol. The Balaban J connectivity index is 3.99. The molecule has 0 aromatic heterocycles. The van der Waals surface area contributed by atoms with E-state index in [9.17, 15) is 0 Å². The number of likely N-dealkylation sites (N-methyl/N-ethyl adjacent to an activating group) is 1. The summed E-state index contributed by atoms with van der Waals surface area (Å²) in [5.41, 5.74) is 0. The highest BCUT2D eigenvalue weighted by Crippen LogP contribution is 2.06. The van der Waals surface area contributed by atoms with E-state index in [1.807, 2.05) is 13.8 Å². The lowest BCUT2D eigenvalue weighted by Gasteiger charge is -2.28. The van der Waals surface area contributed by atoms with E-state index in [0.717, 1.165) is 26.1 Å². The fraction of sp³-hybridized carbons (Fsp3) is 1.00. The molecule has 0 rings (SSSR count). The summed E-state index contributed by atoms with van der Waals surface area (Å²) in [7, 11) is 1.74. The van der Waals surface area contributed by atoms with Crippen LogP contribution < -0.4 is 0 Å². The van der Waals surface area contributed by atoms with Crippen LogP contribution in [0.3, 0.4) is 0 Å². The van der Waals surface area contributed by atoms with E-state index in [2.05, 4.69) is 18.7 Å². The normalized spacial score (nSPS) is 13.6.